The second-order valence-electron chi connectivity index (χ2n) is 7.59. The van der Waals surface area contributed by atoms with Gasteiger partial charge >= 0.3 is 0 Å². The fourth-order valence-corrected chi connectivity index (χ4v) is 3.74. The first kappa shape index (κ1) is 21.3. The molecule has 0 saturated carbocycles. The fraction of sp³-hybridized carbons (Fsp3) is 0.318. The van der Waals surface area contributed by atoms with Crippen LogP contribution in [0.1, 0.15) is 11.1 Å². The summed E-state index contributed by atoms with van der Waals surface area (Å²) in [4.78, 5) is 39.6. The summed E-state index contributed by atoms with van der Waals surface area (Å²) in [7, 11) is 2.96. The van der Waals surface area contributed by atoms with Crippen LogP contribution >= 0.6 is 0 Å². The topological polar surface area (TPSA) is 113 Å². The maximum atomic E-state index is 13.1. The minimum absolute atomic E-state index is 0.212. The summed E-state index contributed by atoms with van der Waals surface area (Å²) in [6.07, 6.45) is 0. The molecular weight excluding hydrogens is 414 g/mol. The number of carbonyl (C=O) groups is 3. The van der Waals surface area contributed by atoms with E-state index >= 15 is 0 Å². The predicted molar refractivity (Wildman–Crippen MR) is 116 cm³/mol. The fourth-order valence-electron chi connectivity index (χ4n) is 3.74. The molecule has 0 aromatic heterocycles. The van der Waals surface area contributed by atoms with Crippen LogP contribution in [0.3, 0.4) is 0 Å². The van der Waals surface area contributed by atoms with Crippen molar-refractivity contribution in [3.05, 3.63) is 47.5 Å². The number of nitrogens with one attached hydrogen (secondary N) is 1. The van der Waals surface area contributed by atoms with Gasteiger partial charge in [0.1, 0.15) is 6.54 Å². The second-order valence-corrected chi connectivity index (χ2v) is 7.59. The first-order chi connectivity index (χ1) is 15.3. The van der Waals surface area contributed by atoms with Crippen molar-refractivity contribution in [2.24, 2.45) is 10.3 Å². The number of hydrogen-bond donors (Lipinski definition) is 1. The minimum atomic E-state index is -0.995. The third-order valence-electron chi connectivity index (χ3n) is 5.58. The maximum absolute atomic E-state index is 13.1. The number of hydrogen-bond acceptors (Lipinski definition) is 8. The predicted octanol–water partition coefficient (Wildman–Crippen LogP) is 2.25. The zero-order valence-electron chi connectivity index (χ0n) is 18.2. The standard InChI is InChI=1S/C22H23N5O5/c1-12-5-6-14(9-13(12)2)23-18(28)11-26-20-19(24-25-26)21(29)27(22(20)30)15-7-8-16(31-3)17(10-15)32-4/h5-10,19-20H,11H2,1-4H3,(H,23,28)/t19-,20-/m0/s1. The monoisotopic (exact) mass is 437 g/mol. The Bertz CT molecular complexity index is 1130. The number of amides is 3. The Morgan fingerprint density at radius 2 is 1.75 bits per heavy atom. The number of aryl methyl sites for hydroxylation is 2. The van der Waals surface area contributed by atoms with Gasteiger partial charge in [0.05, 0.1) is 19.9 Å². The van der Waals surface area contributed by atoms with E-state index in [9.17, 15) is 14.4 Å². The molecule has 1 saturated heterocycles. The molecule has 3 amide bonds. The number of carbonyl (C=O) groups excluding carboxylic acids is 3. The summed E-state index contributed by atoms with van der Waals surface area (Å²) in [6, 6.07) is 8.36. The van der Waals surface area contributed by atoms with Crippen molar-refractivity contribution in [1.29, 1.82) is 0 Å². The number of imide groups is 1. The summed E-state index contributed by atoms with van der Waals surface area (Å²) in [6.45, 7) is 3.73. The van der Waals surface area contributed by atoms with Crippen LogP contribution in [-0.4, -0.2) is 55.6 Å². The molecular formula is C22H23N5O5. The van der Waals surface area contributed by atoms with E-state index in [0.717, 1.165) is 16.0 Å². The lowest BCUT2D eigenvalue weighted by Gasteiger charge is -2.21. The van der Waals surface area contributed by atoms with Gasteiger partial charge in [-0.25, -0.2) is 4.90 Å². The minimum Gasteiger partial charge on any atom is -0.493 e. The highest BCUT2D eigenvalue weighted by Crippen LogP contribution is 2.36. The molecule has 10 nitrogen and oxygen atoms in total. The number of nitrogens with zero attached hydrogens (tertiary/aromatic N) is 4. The van der Waals surface area contributed by atoms with Crippen LogP contribution in [0, 0.1) is 13.8 Å². The molecule has 166 valence electrons. The van der Waals surface area contributed by atoms with Crippen molar-refractivity contribution < 1.29 is 23.9 Å². The smallest absolute Gasteiger partial charge is 0.263 e. The largest absolute Gasteiger partial charge is 0.493 e. The molecule has 2 heterocycles. The highest BCUT2D eigenvalue weighted by molar-refractivity contribution is 6.25. The van der Waals surface area contributed by atoms with E-state index in [1.165, 1.54) is 19.2 Å². The van der Waals surface area contributed by atoms with Crippen molar-refractivity contribution in [3.63, 3.8) is 0 Å². The van der Waals surface area contributed by atoms with Crippen molar-refractivity contribution in [2.75, 3.05) is 31.0 Å². The van der Waals surface area contributed by atoms with Gasteiger partial charge in [0.25, 0.3) is 11.8 Å². The van der Waals surface area contributed by atoms with Gasteiger partial charge in [-0.15, -0.1) is 0 Å². The summed E-state index contributed by atoms with van der Waals surface area (Å²) in [5.41, 5.74) is 3.14. The summed E-state index contributed by atoms with van der Waals surface area (Å²) >= 11 is 0. The van der Waals surface area contributed by atoms with E-state index in [1.54, 1.807) is 24.3 Å². The zero-order valence-corrected chi connectivity index (χ0v) is 18.2. The van der Waals surface area contributed by atoms with Gasteiger partial charge in [0.15, 0.2) is 23.6 Å². The molecule has 2 aliphatic rings. The Hall–Kier alpha value is -3.95. The first-order valence-electron chi connectivity index (χ1n) is 9.98. The Labute approximate surface area is 184 Å². The molecule has 2 atom stereocenters. The van der Waals surface area contributed by atoms with Crippen LogP contribution in [0.4, 0.5) is 11.4 Å². The average molecular weight is 437 g/mol. The van der Waals surface area contributed by atoms with Crippen LogP contribution in [0.2, 0.25) is 0 Å². The third kappa shape index (κ3) is 3.64. The van der Waals surface area contributed by atoms with Gasteiger partial charge in [-0.05, 0) is 49.2 Å². The van der Waals surface area contributed by atoms with Crippen molar-refractivity contribution in [1.82, 2.24) is 5.01 Å². The Morgan fingerprint density at radius 3 is 2.44 bits per heavy atom. The normalized spacial score (nSPS) is 19.4. The van der Waals surface area contributed by atoms with Gasteiger partial charge in [0.2, 0.25) is 5.91 Å². The number of fused-ring (bicyclic) bond motifs is 1. The molecule has 4 rings (SSSR count). The molecule has 0 radical (unpaired) electrons. The van der Waals surface area contributed by atoms with Gasteiger partial charge in [-0.2, -0.15) is 5.11 Å². The van der Waals surface area contributed by atoms with Gasteiger partial charge < -0.3 is 14.8 Å². The van der Waals surface area contributed by atoms with E-state index in [2.05, 4.69) is 15.7 Å². The van der Waals surface area contributed by atoms with E-state index < -0.39 is 23.9 Å². The van der Waals surface area contributed by atoms with E-state index in [4.69, 9.17) is 9.47 Å². The summed E-state index contributed by atoms with van der Waals surface area (Å²) < 4.78 is 10.5. The van der Waals surface area contributed by atoms with Crippen molar-refractivity contribution in [2.45, 2.75) is 25.9 Å². The highest BCUT2D eigenvalue weighted by atomic mass is 16.5. The SMILES string of the molecule is COc1ccc(N2C(=O)[C@H]3N=NN(CC(=O)Nc4ccc(C)c(C)c4)[C@@H]3C2=O)cc1OC. The molecule has 1 N–H and O–H groups in total. The van der Waals surface area contributed by atoms with Crippen LogP contribution in [-0.2, 0) is 14.4 Å². The zero-order chi connectivity index (χ0) is 23.0. The second kappa shape index (κ2) is 8.29. The van der Waals surface area contributed by atoms with Gasteiger partial charge in [0, 0.05) is 11.8 Å². The number of ether oxygens (including phenoxy) is 2. The molecule has 0 aliphatic carbocycles. The Morgan fingerprint density at radius 1 is 1.00 bits per heavy atom. The molecule has 2 aromatic carbocycles. The van der Waals surface area contributed by atoms with E-state index in [0.29, 0.717) is 22.9 Å². The average Bonchev–Trinajstić information content (AvgIpc) is 3.29. The number of methoxy groups -OCH3 is 2. The number of rotatable bonds is 6. The molecule has 0 unspecified atom stereocenters. The Kier molecular flexibility index (Phi) is 5.52. The lowest BCUT2D eigenvalue weighted by molar-refractivity contribution is -0.123. The molecule has 1 fully saturated rings. The summed E-state index contributed by atoms with van der Waals surface area (Å²) in [5, 5.41) is 11.9. The van der Waals surface area contributed by atoms with Crippen molar-refractivity contribution >= 4 is 29.1 Å². The molecule has 10 heteroatoms. The first-order valence-corrected chi connectivity index (χ1v) is 9.98. The third-order valence-corrected chi connectivity index (χ3v) is 5.58. The lowest BCUT2D eigenvalue weighted by atomic mass is 10.1. The van der Waals surface area contributed by atoms with Gasteiger partial charge in [-0.3, -0.25) is 19.4 Å². The van der Waals surface area contributed by atoms with Crippen LogP contribution in [0.25, 0.3) is 0 Å². The quantitative estimate of drug-likeness (QED) is 0.694. The Balaban J connectivity index is 1.50. The number of anilines is 2. The van der Waals surface area contributed by atoms with E-state index in [1.807, 2.05) is 26.0 Å². The summed E-state index contributed by atoms with van der Waals surface area (Å²) in [5.74, 6) is -0.518. The van der Waals surface area contributed by atoms with Crippen LogP contribution < -0.4 is 19.7 Å². The highest BCUT2D eigenvalue weighted by Gasteiger charge is 2.55. The number of benzene rings is 2. The van der Waals surface area contributed by atoms with Gasteiger partial charge in [-0.1, -0.05) is 11.3 Å². The maximum Gasteiger partial charge on any atom is 0.263 e. The van der Waals surface area contributed by atoms with Crippen molar-refractivity contribution in [3.8, 4) is 11.5 Å². The molecule has 2 aliphatic heterocycles. The molecule has 2 aromatic rings. The van der Waals surface area contributed by atoms with Crippen LogP contribution in [0.15, 0.2) is 46.7 Å². The lowest BCUT2D eigenvalue weighted by Crippen LogP contribution is -2.43. The van der Waals surface area contributed by atoms with E-state index in [-0.39, 0.29) is 12.5 Å². The molecule has 0 bridgehead atoms. The van der Waals surface area contributed by atoms with Crippen LogP contribution in [0.5, 0.6) is 11.5 Å². The molecule has 32 heavy (non-hydrogen) atoms. The molecule has 0 spiro atoms.